The highest BCUT2D eigenvalue weighted by Crippen LogP contribution is 2.39. The van der Waals surface area contributed by atoms with Crippen LogP contribution in [0.5, 0.6) is 5.75 Å². The zero-order valence-corrected chi connectivity index (χ0v) is 17.2. The van der Waals surface area contributed by atoms with Gasteiger partial charge in [0.25, 0.3) is 0 Å². The topological polar surface area (TPSA) is 38.5 Å². The van der Waals surface area contributed by atoms with E-state index in [1.54, 1.807) is 18.4 Å². The molecule has 2 N–H and O–H groups in total. The van der Waals surface area contributed by atoms with Gasteiger partial charge in [0.2, 0.25) is 0 Å². The van der Waals surface area contributed by atoms with Gasteiger partial charge in [-0.25, -0.2) is 0 Å². The minimum atomic E-state index is 0.609. The maximum atomic E-state index is 5.99. The van der Waals surface area contributed by atoms with E-state index in [4.69, 9.17) is 10.5 Å². The lowest BCUT2D eigenvalue weighted by atomic mass is 9.93. The minimum absolute atomic E-state index is 0.609. The molecule has 0 bridgehead atoms. The number of hydrogen-bond donors (Lipinski definition) is 1. The zero-order valence-electron chi connectivity index (χ0n) is 16.3. The van der Waals surface area contributed by atoms with Gasteiger partial charge in [-0.1, -0.05) is 38.6 Å². The Labute approximate surface area is 161 Å². The molecule has 1 aromatic heterocycles. The average Bonchev–Trinajstić information content (AvgIpc) is 3.08. The highest BCUT2D eigenvalue weighted by Gasteiger charge is 2.17. The summed E-state index contributed by atoms with van der Waals surface area (Å²) in [6.07, 6.45) is 5.72. The van der Waals surface area contributed by atoms with Crippen molar-refractivity contribution in [2.24, 2.45) is 5.73 Å². The lowest BCUT2D eigenvalue weighted by molar-refractivity contribution is 0.203. The molecular weight excluding hydrogens is 340 g/mol. The fraction of sp³-hybridized carbons (Fsp3) is 0.364. The van der Waals surface area contributed by atoms with Crippen molar-refractivity contribution in [2.45, 2.75) is 27.2 Å². The molecule has 0 spiro atoms. The Hall–Kier alpha value is -2.04. The van der Waals surface area contributed by atoms with Gasteiger partial charge in [0.15, 0.2) is 0 Å². The summed E-state index contributed by atoms with van der Waals surface area (Å²) in [5.41, 5.74) is 11.2. The molecule has 140 valence electrons. The van der Waals surface area contributed by atoms with Gasteiger partial charge in [0.1, 0.15) is 5.75 Å². The van der Waals surface area contributed by atoms with Crippen molar-refractivity contribution >= 4 is 23.1 Å². The van der Waals surface area contributed by atoms with E-state index < -0.39 is 0 Å². The Morgan fingerprint density at radius 2 is 2.04 bits per heavy atom. The Kier molecular flexibility index (Phi) is 7.49. The SMILES string of the molecule is C=C(N)c1sccc1-c1c(C)ccc(OC)c1/C=C/CN1CCC1.CC. The molecule has 2 heterocycles. The van der Waals surface area contributed by atoms with Gasteiger partial charge in [0, 0.05) is 23.4 Å². The standard InChI is InChI=1S/C20H24N2OS.C2H6/c1-14-7-8-18(23-3)16(6-4-10-22-11-5-12-22)19(14)17-9-13-24-20(17)15(2)21;1-2/h4,6-9,13H,2,5,10-12,21H2,1,3H3;1-2H3/b6-4+;. The molecule has 0 aliphatic carbocycles. The van der Waals surface area contributed by atoms with Crippen molar-refractivity contribution in [1.29, 1.82) is 0 Å². The van der Waals surface area contributed by atoms with E-state index >= 15 is 0 Å². The van der Waals surface area contributed by atoms with E-state index in [0.29, 0.717) is 5.70 Å². The highest BCUT2D eigenvalue weighted by atomic mass is 32.1. The maximum Gasteiger partial charge on any atom is 0.126 e. The third-order valence-electron chi connectivity index (χ3n) is 4.46. The number of hydrogen-bond acceptors (Lipinski definition) is 4. The predicted molar refractivity (Wildman–Crippen MR) is 116 cm³/mol. The molecule has 1 aliphatic rings. The highest BCUT2D eigenvalue weighted by molar-refractivity contribution is 7.11. The van der Waals surface area contributed by atoms with Crippen LogP contribution in [0.1, 0.15) is 36.3 Å². The lowest BCUT2D eigenvalue weighted by Gasteiger charge is -2.29. The van der Waals surface area contributed by atoms with Crippen LogP contribution in [0.15, 0.2) is 36.2 Å². The number of rotatable bonds is 6. The largest absolute Gasteiger partial charge is 0.496 e. The molecule has 1 aromatic carbocycles. The summed E-state index contributed by atoms with van der Waals surface area (Å²) >= 11 is 1.63. The van der Waals surface area contributed by atoms with E-state index in [-0.39, 0.29) is 0 Å². The van der Waals surface area contributed by atoms with Crippen LogP contribution in [-0.2, 0) is 0 Å². The first kappa shape index (κ1) is 20.3. The van der Waals surface area contributed by atoms with E-state index in [1.807, 2.05) is 19.9 Å². The second-order valence-corrected chi connectivity index (χ2v) is 7.03. The average molecular weight is 371 g/mol. The summed E-state index contributed by atoms with van der Waals surface area (Å²) in [5.74, 6) is 0.884. The van der Waals surface area contributed by atoms with E-state index in [0.717, 1.165) is 28.3 Å². The number of benzene rings is 1. The number of thiophene rings is 1. The third-order valence-corrected chi connectivity index (χ3v) is 5.45. The molecule has 2 aromatic rings. The first-order valence-electron chi connectivity index (χ1n) is 9.21. The second-order valence-electron chi connectivity index (χ2n) is 6.12. The molecule has 3 rings (SSSR count). The molecule has 0 amide bonds. The van der Waals surface area contributed by atoms with Crippen molar-refractivity contribution in [3.63, 3.8) is 0 Å². The van der Waals surface area contributed by atoms with Crippen LogP contribution in [0.3, 0.4) is 0 Å². The van der Waals surface area contributed by atoms with E-state index in [9.17, 15) is 0 Å². The summed E-state index contributed by atoms with van der Waals surface area (Å²) in [6.45, 7) is 13.4. The van der Waals surface area contributed by atoms with Gasteiger partial charge in [-0.3, -0.25) is 4.90 Å². The van der Waals surface area contributed by atoms with Gasteiger partial charge >= 0.3 is 0 Å². The summed E-state index contributed by atoms with van der Waals surface area (Å²) in [4.78, 5) is 3.46. The first-order chi connectivity index (χ1) is 12.6. The maximum absolute atomic E-state index is 5.99. The summed E-state index contributed by atoms with van der Waals surface area (Å²) in [6, 6.07) is 6.25. The fourth-order valence-electron chi connectivity index (χ4n) is 3.05. The Balaban J connectivity index is 0.00000117. The first-order valence-corrected chi connectivity index (χ1v) is 10.1. The van der Waals surface area contributed by atoms with Crippen LogP contribution >= 0.6 is 11.3 Å². The van der Waals surface area contributed by atoms with Gasteiger partial charge in [0.05, 0.1) is 12.0 Å². The number of nitrogens with zero attached hydrogens (tertiary/aromatic N) is 1. The van der Waals surface area contributed by atoms with Crippen LogP contribution < -0.4 is 10.5 Å². The molecule has 1 saturated heterocycles. The molecule has 0 saturated carbocycles. The second kappa shape index (κ2) is 9.60. The van der Waals surface area contributed by atoms with Gasteiger partial charge in [-0.2, -0.15) is 0 Å². The number of likely N-dealkylation sites (tertiary alicyclic amines) is 1. The smallest absolute Gasteiger partial charge is 0.126 e. The molecule has 4 heteroatoms. The van der Waals surface area contributed by atoms with Crippen LogP contribution in [-0.4, -0.2) is 31.6 Å². The molecule has 0 unspecified atom stereocenters. The Morgan fingerprint density at radius 1 is 1.31 bits per heavy atom. The molecule has 0 radical (unpaired) electrons. The lowest BCUT2D eigenvalue weighted by Crippen LogP contribution is -2.36. The summed E-state index contributed by atoms with van der Waals surface area (Å²) in [7, 11) is 1.72. The summed E-state index contributed by atoms with van der Waals surface area (Å²) in [5, 5.41) is 2.06. The Morgan fingerprint density at radius 3 is 2.62 bits per heavy atom. The van der Waals surface area contributed by atoms with Crippen molar-refractivity contribution in [1.82, 2.24) is 4.90 Å². The number of nitrogens with two attached hydrogens (primary N) is 1. The quantitative estimate of drug-likeness (QED) is 0.739. The van der Waals surface area contributed by atoms with Crippen molar-refractivity contribution < 1.29 is 4.74 Å². The van der Waals surface area contributed by atoms with Crippen molar-refractivity contribution in [3.8, 4) is 16.9 Å². The third kappa shape index (κ3) is 4.37. The molecule has 1 fully saturated rings. The van der Waals surface area contributed by atoms with Crippen molar-refractivity contribution in [2.75, 3.05) is 26.7 Å². The van der Waals surface area contributed by atoms with Crippen LogP contribution in [0, 0.1) is 6.92 Å². The number of aryl methyl sites for hydroxylation is 1. The monoisotopic (exact) mass is 370 g/mol. The molecule has 3 nitrogen and oxygen atoms in total. The van der Waals surface area contributed by atoms with E-state index in [1.165, 1.54) is 30.6 Å². The number of ether oxygens (including phenoxy) is 1. The normalized spacial score (nSPS) is 13.8. The van der Waals surface area contributed by atoms with Gasteiger partial charge in [-0.15, -0.1) is 11.3 Å². The fourth-order valence-corrected chi connectivity index (χ4v) is 3.84. The number of methoxy groups -OCH3 is 1. The van der Waals surface area contributed by atoms with Crippen LogP contribution in [0.25, 0.3) is 22.9 Å². The predicted octanol–water partition coefficient (Wildman–Crippen LogP) is 5.41. The molecule has 1 aliphatic heterocycles. The van der Waals surface area contributed by atoms with Crippen molar-refractivity contribution in [3.05, 3.63) is 52.2 Å². The summed E-state index contributed by atoms with van der Waals surface area (Å²) < 4.78 is 5.62. The van der Waals surface area contributed by atoms with E-state index in [2.05, 4.69) is 48.1 Å². The minimum Gasteiger partial charge on any atom is -0.496 e. The van der Waals surface area contributed by atoms with Gasteiger partial charge in [-0.05, 0) is 55.1 Å². The molecular formula is C22H30N2OS. The van der Waals surface area contributed by atoms with Crippen LogP contribution in [0.2, 0.25) is 0 Å². The van der Waals surface area contributed by atoms with Gasteiger partial charge < -0.3 is 10.5 Å². The Bertz CT molecular complexity index is 772. The molecule has 26 heavy (non-hydrogen) atoms. The molecule has 0 atom stereocenters. The zero-order chi connectivity index (χ0) is 19.1. The van der Waals surface area contributed by atoms with Crippen LogP contribution in [0.4, 0.5) is 0 Å².